The van der Waals surface area contributed by atoms with Gasteiger partial charge in [-0.05, 0) is 37.0 Å². The van der Waals surface area contributed by atoms with Crippen LogP contribution in [0.5, 0.6) is 5.75 Å². The topological polar surface area (TPSA) is 55.6 Å². The maximum absolute atomic E-state index is 12.1. The number of nitrogens with two attached hydrogens (primary N) is 1. The Morgan fingerprint density at radius 2 is 1.81 bits per heavy atom. The third-order valence-electron chi connectivity index (χ3n) is 4.07. The van der Waals surface area contributed by atoms with Gasteiger partial charge in [0.1, 0.15) is 5.75 Å². The molecule has 1 atom stereocenters. The Labute approximate surface area is 127 Å². The molecule has 0 aliphatic carbocycles. The van der Waals surface area contributed by atoms with Gasteiger partial charge in [0.05, 0.1) is 0 Å². The molecule has 1 saturated heterocycles. The molecule has 0 spiro atoms. The second kappa shape index (κ2) is 8.03. The number of ether oxygens (including phenoxy) is 1. The number of hydrogen-bond acceptors (Lipinski definition) is 3. The minimum Gasteiger partial charge on any atom is -0.484 e. The molecule has 0 aromatic heterocycles. The summed E-state index contributed by atoms with van der Waals surface area (Å²) in [6.07, 6.45) is 5.58. The average molecular weight is 290 g/mol. The summed E-state index contributed by atoms with van der Waals surface area (Å²) in [7, 11) is 0. The maximum atomic E-state index is 12.1. The number of amides is 1. The molecule has 4 heteroatoms. The molecule has 2 rings (SSSR count). The van der Waals surface area contributed by atoms with Gasteiger partial charge in [0.25, 0.3) is 5.91 Å². The van der Waals surface area contributed by atoms with Gasteiger partial charge in [0.2, 0.25) is 0 Å². The number of carbonyl (C=O) groups excluding carboxylic acids is 1. The minimum absolute atomic E-state index is 0.0674. The fourth-order valence-electron chi connectivity index (χ4n) is 2.60. The van der Waals surface area contributed by atoms with E-state index in [-0.39, 0.29) is 18.6 Å². The van der Waals surface area contributed by atoms with E-state index >= 15 is 0 Å². The van der Waals surface area contributed by atoms with Gasteiger partial charge in [0, 0.05) is 19.1 Å². The van der Waals surface area contributed by atoms with Crippen LogP contribution in [-0.2, 0) is 4.79 Å². The van der Waals surface area contributed by atoms with Crippen LogP contribution in [0.4, 0.5) is 0 Å². The quantitative estimate of drug-likeness (QED) is 0.907. The van der Waals surface area contributed by atoms with Crippen molar-refractivity contribution >= 4 is 5.91 Å². The highest BCUT2D eigenvalue weighted by atomic mass is 16.5. The summed E-state index contributed by atoms with van der Waals surface area (Å²) in [5.74, 6) is 0.816. The Bertz CT molecular complexity index is 437. The first kappa shape index (κ1) is 15.8. The zero-order chi connectivity index (χ0) is 15.1. The standard InChI is InChI=1S/C17H26N2O2/c1-2-16(18)14-7-9-15(10-8-14)21-13-17(20)19-11-5-3-4-6-12-19/h7-10,16H,2-6,11-13,18H2,1H3. The van der Waals surface area contributed by atoms with E-state index in [1.165, 1.54) is 12.8 Å². The molecule has 1 fully saturated rings. The van der Waals surface area contributed by atoms with Crippen LogP contribution in [0.2, 0.25) is 0 Å². The Morgan fingerprint density at radius 1 is 1.19 bits per heavy atom. The summed E-state index contributed by atoms with van der Waals surface area (Å²) >= 11 is 0. The van der Waals surface area contributed by atoms with Crippen molar-refractivity contribution in [3.63, 3.8) is 0 Å². The molecular weight excluding hydrogens is 264 g/mol. The predicted molar refractivity (Wildman–Crippen MR) is 84.2 cm³/mol. The Morgan fingerprint density at radius 3 is 2.38 bits per heavy atom. The fraction of sp³-hybridized carbons (Fsp3) is 0.588. The van der Waals surface area contributed by atoms with Crippen molar-refractivity contribution in [2.24, 2.45) is 5.73 Å². The van der Waals surface area contributed by atoms with Crippen LogP contribution < -0.4 is 10.5 Å². The van der Waals surface area contributed by atoms with Crippen molar-refractivity contribution in [3.8, 4) is 5.75 Å². The molecule has 1 aliphatic heterocycles. The van der Waals surface area contributed by atoms with Gasteiger partial charge in [-0.1, -0.05) is 31.9 Å². The average Bonchev–Trinajstić information content (AvgIpc) is 2.81. The number of benzene rings is 1. The molecule has 0 radical (unpaired) electrons. The zero-order valence-corrected chi connectivity index (χ0v) is 12.9. The van der Waals surface area contributed by atoms with E-state index in [1.54, 1.807) is 0 Å². The Hall–Kier alpha value is -1.55. The summed E-state index contributed by atoms with van der Waals surface area (Å²) < 4.78 is 5.60. The number of hydrogen-bond donors (Lipinski definition) is 1. The first-order valence-corrected chi connectivity index (χ1v) is 7.97. The van der Waals surface area contributed by atoms with Gasteiger partial charge in [0.15, 0.2) is 6.61 Å². The van der Waals surface area contributed by atoms with Crippen LogP contribution >= 0.6 is 0 Å². The number of likely N-dealkylation sites (tertiary alicyclic amines) is 1. The number of nitrogens with zero attached hydrogens (tertiary/aromatic N) is 1. The summed E-state index contributed by atoms with van der Waals surface area (Å²) in [5, 5.41) is 0. The molecule has 0 bridgehead atoms. The van der Waals surface area contributed by atoms with Gasteiger partial charge >= 0.3 is 0 Å². The largest absolute Gasteiger partial charge is 0.484 e. The molecular formula is C17H26N2O2. The lowest BCUT2D eigenvalue weighted by atomic mass is 10.1. The molecule has 1 unspecified atom stereocenters. The second-order valence-electron chi connectivity index (χ2n) is 5.67. The van der Waals surface area contributed by atoms with Gasteiger partial charge in [-0.3, -0.25) is 4.79 Å². The monoisotopic (exact) mass is 290 g/mol. The van der Waals surface area contributed by atoms with Crippen molar-refractivity contribution < 1.29 is 9.53 Å². The summed E-state index contributed by atoms with van der Waals surface area (Å²) in [4.78, 5) is 14.1. The SMILES string of the molecule is CCC(N)c1ccc(OCC(=O)N2CCCCCC2)cc1. The van der Waals surface area contributed by atoms with Crippen molar-refractivity contribution in [2.75, 3.05) is 19.7 Å². The highest BCUT2D eigenvalue weighted by Gasteiger charge is 2.15. The number of rotatable bonds is 5. The van der Waals surface area contributed by atoms with Crippen LogP contribution in [0.3, 0.4) is 0 Å². The molecule has 4 nitrogen and oxygen atoms in total. The lowest BCUT2D eigenvalue weighted by Gasteiger charge is -2.20. The molecule has 1 aliphatic rings. The first-order valence-electron chi connectivity index (χ1n) is 7.97. The maximum Gasteiger partial charge on any atom is 0.260 e. The molecule has 1 amide bonds. The lowest BCUT2D eigenvalue weighted by molar-refractivity contribution is -0.133. The normalized spacial score (nSPS) is 17.1. The minimum atomic E-state index is 0.0674. The van der Waals surface area contributed by atoms with Crippen molar-refractivity contribution in [3.05, 3.63) is 29.8 Å². The van der Waals surface area contributed by atoms with Crippen LogP contribution in [0.15, 0.2) is 24.3 Å². The van der Waals surface area contributed by atoms with Crippen molar-refractivity contribution in [1.29, 1.82) is 0 Å². The molecule has 1 heterocycles. The van der Waals surface area contributed by atoms with E-state index in [1.807, 2.05) is 29.2 Å². The lowest BCUT2D eigenvalue weighted by Crippen LogP contribution is -2.35. The smallest absolute Gasteiger partial charge is 0.260 e. The van der Waals surface area contributed by atoms with E-state index in [9.17, 15) is 4.79 Å². The molecule has 1 aromatic rings. The highest BCUT2D eigenvalue weighted by Crippen LogP contribution is 2.18. The van der Waals surface area contributed by atoms with E-state index in [0.29, 0.717) is 0 Å². The van der Waals surface area contributed by atoms with Gasteiger partial charge in [-0.25, -0.2) is 0 Å². The van der Waals surface area contributed by atoms with Crippen molar-refractivity contribution in [2.45, 2.75) is 45.1 Å². The Kier molecular flexibility index (Phi) is 6.05. The summed E-state index contributed by atoms with van der Waals surface area (Å²) in [5.41, 5.74) is 7.08. The Balaban J connectivity index is 1.83. The van der Waals surface area contributed by atoms with Crippen LogP contribution in [0.25, 0.3) is 0 Å². The van der Waals surface area contributed by atoms with Gasteiger partial charge in [-0.15, -0.1) is 0 Å². The van der Waals surface area contributed by atoms with E-state index < -0.39 is 0 Å². The van der Waals surface area contributed by atoms with Gasteiger partial charge in [-0.2, -0.15) is 0 Å². The summed E-state index contributed by atoms with van der Waals surface area (Å²) in [6, 6.07) is 7.79. The van der Waals surface area contributed by atoms with Crippen LogP contribution in [-0.4, -0.2) is 30.5 Å². The van der Waals surface area contributed by atoms with Crippen LogP contribution in [0, 0.1) is 0 Å². The third kappa shape index (κ3) is 4.74. The molecule has 2 N–H and O–H groups in total. The highest BCUT2D eigenvalue weighted by molar-refractivity contribution is 5.77. The molecule has 116 valence electrons. The van der Waals surface area contributed by atoms with Crippen LogP contribution in [0.1, 0.15) is 50.6 Å². The van der Waals surface area contributed by atoms with Crippen molar-refractivity contribution in [1.82, 2.24) is 4.90 Å². The predicted octanol–water partition coefficient (Wildman–Crippen LogP) is 2.88. The first-order chi connectivity index (χ1) is 10.2. The zero-order valence-electron chi connectivity index (χ0n) is 12.9. The molecule has 0 saturated carbocycles. The molecule has 1 aromatic carbocycles. The van der Waals surface area contributed by atoms with E-state index in [0.717, 1.165) is 43.7 Å². The van der Waals surface area contributed by atoms with E-state index in [2.05, 4.69) is 6.92 Å². The van der Waals surface area contributed by atoms with E-state index in [4.69, 9.17) is 10.5 Å². The van der Waals surface area contributed by atoms with Gasteiger partial charge < -0.3 is 15.4 Å². The fourth-order valence-corrected chi connectivity index (χ4v) is 2.60. The third-order valence-corrected chi connectivity index (χ3v) is 4.07. The second-order valence-corrected chi connectivity index (χ2v) is 5.67. The molecule has 21 heavy (non-hydrogen) atoms. The summed E-state index contributed by atoms with van der Waals surface area (Å²) in [6.45, 7) is 3.92. The number of carbonyl (C=O) groups is 1.